The fraction of sp³-hybridized carbons (Fsp3) is 0.500. The molecule has 0 atom stereocenters. The minimum atomic E-state index is -0.229. The fourth-order valence-electron chi connectivity index (χ4n) is 1.04. The number of amides is 1. The Morgan fingerprint density at radius 3 is 3.00 bits per heavy atom. The fourth-order valence-corrected chi connectivity index (χ4v) is 1.04. The molecular formula is C8H14N4O2. The topological polar surface area (TPSA) is 82.2 Å². The third-order valence-corrected chi connectivity index (χ3v) is 1.69. The van der Waals surface area contributed by atoms with Crippen LogP contribution in [0.4, 0.5) is 5.82 Å². The van der Waals surface area contributed by atoms with Crippen LogP contribution in [0.25, 0.3) is 0 Å². The van der Waals surface area contributed by atoms with Gasteiger partial charge in [-0.05, 0) is 0 Å². The van der Waals surface area contributed by atoms with Crippen molar-refractivity contribution in [2.24, 2.45) is 7.05 Å². The van der Waals surface area contributed by atoms with Crippen LogP contribution in [0.2, 0.25) is 0 Å². The summed E-state index contributed by atoms with van der Waals surface area (Å²) in [6.07, 6.45) is 1.58. The second kappa shape index (κ2) is 4.61. The molecule has 14 heavy (non-hydrogen) atoms. The van der Waals surface area contributed by atoms with Crippen molar-refractivity contribution in [3.05, 3.63) is 11.8 Å². The van der Waals surface area contributed by atoms with Gasteiger partial charge in [0.15, 0.2) is 5.82 Å². The van der Waals surface area contributed by atoms with E-state index in [2.05, 4.69) is 10.4 Å². The summed E-state index contributed by atoms with van der Waals surface area (Å²) in [5.74, 6) is 0.00932. The number of rotatable bonds is 4. The van der Waals surface area contributed by atoms with Gasteiger partial charge in [-0.25, -0.2) is 0 Å². The summed E-state index contributed by atoms with van der Waals surface area (Å²) in [7, 11) is 3.28. The molecule has 0 bridgehead atoms. The molecule has 0 aliphatic rings. The largest absolute Gasteiger partial charge is 0.383 e. The zero-order valence-corrected chi connectivity index (χ0v) is 8.28. The summed E-state index contributed by atoms with van der Waals surface area (Å²) in [5.41, 5.74) is 5.91. The number of carbonyl (C=O) groups is 1. The standard InChI is InChI=1S/C8H14N4O2/c1-12-5-6(7(9)11-12)8(13)10-3-4-14-2/h5H,3-4H2,1-2H3,(H2,9,11)(H,10,13). The highest BCUT2D eigenvalue weighted by Gasteiger charge is 2.11. The van der Waals surface area contributed by atoms with Crippen LogP contribution in [0.1, 0.15) is 10.4 Å². The molecule has 1 aromatic heterocycles. The Balaban J connectivity index is 2.56. The number of aromatic nitrogens is 2. The van der Waals surface area contributed by atoms with Crippen LogP contribution in [0.3, 0.4) is 0 Å². The van der Waals surface area contributed by atoms with E-state index >= 15 is 0 Å². The average Bonchev–Trinajstić information content (AvgIpc) is 2.45. The van der Waals surface area contributed by atoms with Crippen LogP contribution in [-0.4, -0.2) is 35.9 Å². The predicted octanol–water partition coefficient (Wildman–Crippen LogP) is -0.621. The number of methoxy groups -OCH3 is 1. The molecule has 1 aromatic rings. The molecule has 1 heterocycles. The second-order valence-corrected chi connectivity index (χ2v) is 2.85. The average molecular weight is 198 g/mol. The number of anilines is 1. The van der Waals surface area contributed by atoms with Crippen molar-refractivity contribution in [1.82, 2.24) is 15.1 Å². The first-order valence-electron chi connectivity index (χ1n) is 4.21. The highest BCUT2D eigenvalue weighted by Crippen LogP contribution is 2.06. The second-order valence-electron chi connectivity index (χ2n) is 2.85. The van der Waals surface area contributed by atoms with Gasteiger partial charge in [0.2, 0.25) is 0 Å². The van der Waals surface area contributed by atoms with Crippen molar-refractivity contribution < 1.29 is 9.53 Å². The number of hydrogen-bond donors (Lipinski definition) is 2. The molecule has 0 aliphatic heterocycles. The quantitative estimate of drug-likeness (QED) is 0.631. The maximum Gasteiger partial charge on any atom is 0.256 e. The van der Waals surface area contributed by atoms with Gasteiger partial charge in [0.25, 0.3) is 5.91 Å². The molecule has 78 valence electrons. The SMILES string of the molecule is COCCNC(=O)c1cn(C)nc1N. The first-order valence-corrected chi connectivity index (χ1v) is 4.21. The lowest BCUT2D eigenvalue weighted by Crippen LogP contribution is -2.27. The van der Waals surface area contributed by atoms with Gasteiger partial charge < -0.3 is 15.8 Å². The summed E-state index contributed by atoms with van der Waals surface area (Å²) < 4.78 is 6.30. The third-order valence-electron chi connectivity index (χ3n) is 1.69. The summed E-state index contributed by atoms with van der Waals surface area (Å²) in [4.78, 5) is 11.5. The summed E-state index contributed by atoms with van der Waals surface area (Å²) >= 11 is 0. The van der Waals surface area contributed by atoms with Crippen LogP contribution in [-0.2, 0) is 11.8 Å². The maximum atomic E-state index is 11.5. The van der Waals surface area contributed by atoms with Crippen molar-refractivity contribution in [2.45, 2.75) is 0 Å². The van der Waals surface area contributed by atoms with Gasteiger partial charge >= 0.3 is 0 Å². The summed E-state index contributed by atoms with van der Waals surface area (Å²) in [5, 5.41) is 6.52. The van der Waals surface area contributed by atoms with E-state index in [0.29, 0.717) is 18.7 Å². The molecule has 6 nitrogen and oxygen atoms in total. The number of hydrogen-bond acceptors (Lipinski definition) is 4. The summed E-state index contributed by atoms with van der Waals surface area (Å²) in [6, 6.07) is 0. The van der Waals surface area contributed by atoms with E-state index < -0.39 is 0 Å². The Morgan fingerprint density at radius 2 is 2.50 bits per heavy atom. The van der Waals surface area contributed by atoms with E-state index in [1.165, 1.54) is 4.68 Å². The van der Waals surface area contributed by atoms with Crippen molar-refractivity contribution in [3.63, 3.8) is 0 Å². The van der Waals surface area contributed by atoms with E-state index in [9.17, 15) is 4.79 Å². The molecule has 3 N–H and O–H groups in total. The molecule has 0 radical (unpaired) electrons. The van der Waals surface area contributed by atoms with Crippen LogP contribution < -0.4 is 11.1 Å². The van der Waals surface area contributed by atoms with E-state index in [0.717, 1.165) is 0 Å². The molecule has 0 spiro atoms. The highest BCUT2D eigenvalue weighted by molar-refractivity contribution is 5.98. The normalized spacial score (nSPS) is 10.1. The van der Waals surface area contributed by atoms with Crippen LogP contribution in [0, 0.1) is 0 Å². The lowest BCUT2D eigenvalue weighted by molar-refractivity contribution is 0.0938. The molecule has 6 heteroatoms. The van der Waals surface area contributed by atoms with Crippen molar-refractivity contribution in [3.8, 4) is 0 Å². The van der Waals surface area contributed by atoms with Gasteiger partial charge in [-0.1, -0.05) is 0 Å². The minimum absolute atomic E-state index is 0.229. The molecule has 0 saturated carbocycles. The van der Waals surface area contributed by atoms with E-state index in [-0.39, 0.29) is 11.7 Å². The Hall–Kier alpha value is -1.56. The molecule has 0 unspecified atom stereocenters. The van der Waals surface area contributed by atoms with Crippen LogP contribution >= 0.6 is 0 Å². The Morgan fingerprint density at radius 1 is 1.79 bits per heavy atom. The Kier molecular flexibility index (Phi) is 3.47. The first kappa shape index (κ1) is 10.5. The van der Waals surface area contributed by atoms with E-state index in [1.807, 2.05) is 0 Å². The Labute approximate surface area is 82.0 Å². The van der Waals surface area contributed by atoms with Gasteiger partial charge in [0.1, 0.15) is 5.56 Å². The number of ether oxygens (including phenoxy) is 1. The van der Waals surface area contributed by atoms with E-state index in [4.69, 9.17) is 10.5 Å². The smallest absolute Gasteiger partial charge is 0.256 e. The summed E-state index contributed by atoms with van der Waals surface area (Å²) in [6.45, 7) is 0.940. The predicted molar refractivity (Wildman–Crippen MR) is 51.8 cm³/mol. The van der Waals surface area contributed by atoms with Gasteiger partial charge in [-0.15, -0.1) is 0 Å². The monoisotopic (exact) mass is 198 g/mol. The van der Waals surface area contributed by atoms with Gasteiger partial charge in [0, 0.05) is 26.9 Å². The molecule has 0 aromatic carbocycles. The highest BCUT2D eigenvalue weighted by atomic mass is 16.5. The van der Waals surface area contributed by atoms with Gasteiger partial charge in [-0.2, -0.15) is 5.10 Å². The van der Waals surface area contributed by atoms with Crippen LogP contribution in [0.15, 0.2) is 6.20 Å². The lowest BCUT2D eigenvalue weighted by atomic mass is 10.3. The minimum Gasteiger partial charge on any atom is -0.383 e. The first-order chi connectivity index (χ1) is 6.65. The Bertz CT molecular complexity index is 321. The number of nitrogen functional groups attached to an aromatic ring is 1. The van der Waals surface area contributed by atoms with Crippen LogP contribution in [0.5, 0.6) is 0 Å². The zero-order valence-electron chi connectivity index (χ0n) is 8.28. The molecular weight excluding hydrogens is 184 g/mol. The van der Waals surface area contributed by atoms with E-state index in [1.54, 1.807) is 20.4 Å². The third kappa shape index (κ3) is 2.46. The lowest BCUT2D eigenvalue weighted by Gasteiger charge is -2.02. The number of aryl methyl sites for hydroxylation is 1. The van der Waals surface area contributed by atoms with Crippen molar-refractivity contribution in [2.75, 3.05) is 26.0 Å². The number of nitrogens with two attached hydrogens (primary N) is 1. The molecule has 0 saturated heterocycles. The number of nitrogens with one attached hydrogen (secondary N) is 1. The van der Waals surface area contributed by atoms with Crippen molar-refractivity contribution in [1.29, 1.82) is 0 Å². The number of nitrogens with zero attached hydrogens (tertiary/aromatic N) is 2. The van der Waals surface area contributed by atoms with Crippen molar-refractivity contribution >= 4 is 11.7 Å². The van der Waals surface area contributed by atoms with Gasteiger partial charge in [-0.3, -0.25) is 9.48 Å². The van der Waals surface area contributed by atoms with Gasteiger partial charge in [0.05, 0.1) is 6.61 Å². The molecule has 0 fully saturated rings. The number of carbonyl (C=O) groups excluding carboxylic acids is 1. The maximum absolute atomic E-state index is 11.5. The molecule has 1 rings (SSSR count). The zero-order chi connectivity index (χ0) is 10.6. The molecule has 1 amide bonds. The molecule has 0 aliphatic carbocycles.